The average Bonchev–Trinajstić information content (AvgIpc) is 3.31. The van der Waals surface area contributed by atoms with E-state index in [1.54, 1.807) is 0 Å². The van der Waals surface area contributed by atoms with Crippen molar-refractivity contribution in [1.82, 2.24) is 0 Å². The van der Waals surface area contributed by atoms with Gasteiger partial charge in [-0.25, -0.2) is 0 Å². The molecule has 0 fully saturated rings. The summed E-state index contributed by atoms with van der Waals surface area (Å²) in [7, 11) is 0. The molecule has 0 bridgehead atoms. The predicted molar refractivity (Wildman–Crippen MR) is 283 cm³/mol. The van der Waals surface area contributed by atoms with Crippen molar-refractivity contribution in [2.24, 2.45) is 0 Å². The summed E-state index contributed by atoms with van der Waals surface area (Å²) in [6.07, 6.45) is 72.3. The summed E-state index contributed by atoms with van der Waals surface area (Å²) in [6, 6.07) is 0. The molecule has 0 spiro atoms. The van der Waals surface area contributed by atoms with Crippen LogP contribution < -0.4 is 0 Å². The third kappa shape index (κ3) is 51.1. The van der Waals surface area contributed by atoms with Gasteiger partial charge in [0.2, 0.25) is 0 Å². The lowest BCUT2D eigenvalue weighted by Crippen LogP contribution is -2.30. The lowest BCUT2D eigenvalue weighted by atomic mass is 10.1. The lowest BCUT2D eigenvalue weighted by molar-refractivity contribution is -0.167. The normalized spacial score (nSPS) is 13.0. The smallest absolute Gasteiger partial charge is 0.306 e. The number of carbonyl (C=O) groups excluding carboxylic acids is 3. The second-order valence-electron chi connectivity index (χ2n) is 17.5. The summed E-state index contributed by atoms with van der Waals surface area (Å²) in [4.78, 5) is 38.0. The van der Waals surface area contributed by atoms with E-state index in [9.17, 15) is 14.4 Å². The third-order valence-electron chi connectivity index (χ3n) is 11.1. The largest absolute Gasteiger partial charge is 0.462 e. The van der Waals surface area contributed by atoms with Gasteiger partial charge in [-0.2, -0.15) is 0 Å². The molecule has 0 aliphatic carbocycles. The average molecular weight is 915 g/mol. The quantitative estimate of drug-likeness (QED) is 0.0199. The molecule has 0 saturated heterocycles. The summed E-state index contributed by atoms with van der Waals surface area (Å²) < 4.78 is 16.7. The van der Waals surface area contributed by atoms with Crippen LogP contribution in [-0.4, -0.2) is 37.2 Å². The van der Waals surface area contributed by atoms with Crippen LogP contribution in [0, 0.1) is 0 Å². The van der Waals surface area contributed by atoms with Crippen molar-refractivity contribution in [1.29, 1.82) is 0 Å². The Bertz CT molecular complexity index is 1370. The Hall–Kier alpha value is -3.93. The Balaban J connectivity index is 4.47. The molecule has 0 rings (SSSR count). The molecule has 6 nitrogen and oxygen atoms in total. The Morgan fingerprint density at radius 3 is 1.17 bits per heavy atom. The molecule has 1 unspecified atom stereocenters. The van der Waals surface area contributed by atoms with E-state index in [4.69, 9.17) is 14.2 Å². The van der Waals surface area contributed by atoms with E-state index in [1.807, 2.05) is 54.7 Å². The maximum atomic E-state index is 12.8. The van der Waals surface area contributed by atoms with Gasteiger partial charge in [-0.1, -0.05) is 233 Å². The molecule has 6 heteroatoms. The number of hydrogen-bond acceptors (Lipinski definition) is 6. The molecule has 0 aliphatic rings. The first-order valence-corrected chi connectivity index (χ1v) is 27.0. The van der Waals surface area contributed by atoms with Gasteiger partial charge in [0.1, 0.15) is 13.2 Å². The van der Waals surface area contributed by atoms with E-state index in [2.05, 4.69) is 75.5 Å². The highest BCUT2D eigenvalue weighted by molar-refractivity contribution is 5.71. The standard InChI is InChI=1S/C60H98O6/c1-4-7-10-13-16-19-22-25-27-29-30-31-33-35-38-41-44-47-50-53-59(62)65-56-57(55-64-58(61)52-49-46-43-40-37-34-24-21-18-15-12-9-6-3)66-60(63)54-51-48-45-42-39-36-32-28-26-23-20-17-14-11-8-5-2/h8-9,11-12,15,17-18,20-21,24,26,28-30,34,37,40,43,57H,4-7,10,13-14,16,19,22-23,25,27,31-33,35-36,38-39,41-42,44-56H2,1-3H3/b11-8+,12-9+,18-15+,20-17+,24-21+,28-26+,30-29+,37-34+,43-40+. The van der Waals surface area contributed by atoms with Crippen LogP contribution in [0.25, 0.3) is 0 Å². The SMILES string of the molecule is CC/C=C/C=C/C=C/C=C/C=C/CCCC(=O)OCC(COC(=O)CCCCCCCCC/C=C/CCCCCCCCCC)OC(=O)CCCCCCCC/C=C/C/C=C/C/C=C/CC. The summed E-state index contributed by atoms with van der Waals surface area (Å²) in [5.41, 5.74) is 0. The topological polar surface area (TPSA) is 78.9 Å². The molecule has 0 aromatic carbocycles. The molecule has 0 aliphatic heterocycles. The van der Waals surface area contributed by atoms with Gasteiger partial charge in [-0.3, -0.25) is 14.4 Å². The van der Waals surface area contributed by atoms with Crippen LogP contribution in [0.1, 0.15) is 233 Å². The first-order valence-electron chi connectivity index (χ1n) is 27.0. The predicted octanol–water partition coefficient (Wildman–Crippen LogP) is 17.9. The number of hydrogen-bond donors (Lipinski definition) is 0. The van der Waals surface area contributed by atoms with Gasteiger partial charge in [-0.15, -0.1) is 0 Å². The Morgan fingerprint density at radius 2 is 0.682 bits per heavy atom. The molecular weight excluding hydrogens is 817 g/mol. The molecule has 0 amide bonds. The maximum absolute atomic E-state index is 12.8. The van der Waals surface area contributed by atoms with Crippen LogP contribution in [0.15, 0.2) is 109 Å². The highest BCUT2D eigenvalue weighted by Crippen LogP contribution is 2.14. The van der Waals surface area contributed by atoms with E-state index in [0.717, 1.165) is 83.5 Å². The van der Waals surface area contributed by atoms with Gasteiger partial charge in [-0.05, 0) is 89.9 Å². The third-order valence-corrected chi connectivity index (χ3v) is 11.1. The van der Waals surface area contributed by atoms with Crippen LogP contribution in [0.4, 0.5) is 0 Å². The maximum Gasteiger partial charge on any atom is 0.306 e. The molecule has 0 heterocycles. The molecule has 374 valence electrons. The van der Waals surface area contributed by atoms with Crippen LogP contribution in [0.5, 0.6) is 0 Å². The first kappa shape index (κ1) is 62.1. The number of carbonyl (C=O) groups is 3. The minimum atomic E-state index is -0.817. The van der Waals surface area contributed by atoms with E-state index in [1.165, 1.54) is 103 Å². The van der Waals surface area contributed by atoms with Crippen LogP contribution in [0.3, 0.4) is 0 Å². The number of allylic oxidation sites excluding steroid dienone is 18. The summed E-state index contributed by atoms with van der Waals surface area (Å²) in [5.74, 6) is -1.01. The molecule has 66 heavy (non-hydrogen) atoms. The number of unbranched alkanes of at least 4 members (excludes halogenated alkanes) is 22. The van der Waals surface area contributed by atoms with E-state index >= 15 is 0 Å². The van der Waals surface area contributed by atoms with Crippen molar-refractivity contribution in [3.8, 4) is 0 Å². The zero-order chi connectivity index (χ0) is 47.9. The number of ether oxygens (including phenoxy) is 3. The lowest BCUT2D eigenvalue weighted by Gasteiger charge is -2.18. The molecular formula is C60H98O6. The van der Waals surface area contributed by atoms with Crippen molar-refractivity contribution in [2.45, 2.75) is 239 Å². The summed E-state index contributed by atoms with van der Waals surface area (Å²) in [6.45, 7) is 6.30. The van der Waals surface area contributed by atoms with Crippen molar-refractivity contribution < 1.29 is 28.6 Å². The van der Waals surface area contributed by atoms with Crippen LogP contribution in [0.2, 0.25) is 0 Å². The minimum Gasteiger partial charge on any atom is -0.462 e. The van der Waals surface area contributed by atoms with Gasteiger partial charge < -0.3 is 14.2 Å². The zero-order valence-corrected chi connectivity index (χ0v) is 42.7. The molecule has 0 aromatic heterocycles. The van der Waals surface area contributed by atoms with E-state index < -0.39 is 6.10 Å². The Morgan fingerprint density at radius 1 is 0.333 bits per heavy atom. The minimum absolute atomic E-state index is 0.110. The fourth-order valence-corrected chi connectivity index (χ4v) is 7.13. The van der Waals surface area contributed by atoms with Crippen LogP contribution in [-0.2, 0) is 28.6 Å². The molecule has 1 atom stereocenters. The monoisotopic (exact) mass is 915 g/mol. The fourth-order valence-electron chi connectivity index (χ4n) is 7.13. The van der Waals surface area contributed by atoms with Gasteiger partial charge >= 0.3 is 17.9 Å². The highest BCUT2D eigenvalue weighted by Gasteiger charge is 2.19. The van der Waals surface area contributed by atoms with Crippen LogP contribution >= 0.6 is 0 Å². The first-order chi connectivity index (χ1) is 32.5. The van der Waals surface area contributed by atoms with E-state index in [-0.39, 0.29) is 37.5 Å². The Labute approximate surface area is 406 Å². The second kappa shape index (κ2) is 53.7. The van der Waals surface area contributed by atoms with Crippen molar-refractivity contribution >= 4 is 17.9 Å². The number of esters is 3. The highest BCUT2D eigenvalue weighted by atomic mass is 16.6. The van der Waals surface area contributed by atoms with E-state index in [0.29, 0.717) is 19.3 Å². The van der Waals surface area contributed by atoms with Gasteiger partial charge in [0, 0.05) is 19.3 Å². The number of rotatable bonds is 47. The zero-order valence-electron chi connectivity index (χ0n) is 42.7. The van der Waals surface area contributed by atoms with Gasteiger partial charge in [0.25, 0.3) is 0 Å². The fraction of sp³-hybridized carbons (Fsp3) is 0.650. The second-order valence-corrected chi connectivity index (χ2v) is 17.5. The summed E-state index contributed by atoms with van der Waals surface area (Å²) >= 11 is 0. The summed E-state index contributed by atoms with van der Waals surface area (Å²) in [5, 5.41) is 0. The molecule has 0 N–H and O–H groups in total. The molecule has 0 saturated carbocycles. The Kier molecular flexibility index (Phi) is 50.5. The van der Waals surface area contributed by atoms with Crippen molar-refractivity contribution in [3.05, 3.63) is 109 Å². The molecule has 0 aromatic rings. The van der Waals surface area contributed by atoms with Gasteiger partial charge in [0.15, 0.2) is 6.10 Å². The van der Waals surface area contributed by atoms with Crippen molar-refractivity contribution in [3.63, 3.8) is 0 Å². The van der Waals surface area contributed by atoms with Gasteiger partial charge in [0.05, 0.1) is 0 Å². The van der Waals surface area contributed by atoms with Crippen molar-refractivity contribution in [2.75, 3.05) is 13.2 Å². The molecule has 0 radical (unpaired) electrons.